The average molecular weight is 573 g/mol. The molecule has 3 atom stereocenters. The van der Waals surface area contributed by atoms with E-state index in [1.807, 2.05) is 57.5 Å². The Hall–Kier alpha value is -3.31. The van der Waals surface area contributed by atoms with Crippen LogP contribution < -0.4 is 10.6 Å². The molecule has 0 aliphatic carbocycles. The first-order valence-corrected chi connectivity index (χ1v) is 14.5. The molecule has 218 valence electrons. The van der Waals surface area contributed by atoms with Gasteiger partial charge in [0.05, 0.1) is 22.2 Å². The third kappa shape index (κ3) is 8.59. The zero-order valence-electron chi connectivity index (χ0n) is 23.6. The van der Waals surface area contributed by atoms with Crippen molar-refractivity contribution in [2.45, 2.75) is 91.0 Å². The maximum Gasteiger partial charge on any atom is 0.303 e. The van der Waals surface area contributed by atoms with Gasteiger partial charge < -0.3 is 25.7 Å². The molecule has 1 fully saturated rings. The number of nitrogens with zero attached hydrogens (tertiary/aromatic N) is 2. The summed E-state index contributed by atoms with van der Waals surface area (Å²) in [5.41, 5.74) is 4.10. The summed E-state index contributed by atoms with van der Waals surface area (Å²) in [6.45, 7) is 7.75. The van der Waals surface area contributed by atoms with E-state index in [1.54, 1.807) is 11.3 Å². The van der Waals surface area contributed by atoms with Gasteiger partial charge in [-0.15, -0.1) is 11.3 Å². The summed E-state index contributed by atoms with van der Waals surface area (Å²) in [4.78, 5) is 56.9. The first kappa shape index (κ1) is 31.2. The molecule has 1 aliphatic rings. The molecule has 0 radical (unpaired) electrons. The number of carboxylic acids is 1. The molecule has 3 rings (SSSR count). The fourth-order valence-electron chi connectivity index (χ4n) is 4.75. The highest BCUT2D eigenvalue weighted by Gasteiger charge is 2.44. The smallest absolute Gasteiger partial charge is 0.303 e. The van der Waals surface area contributed by atoms with Gasteiger partial charge in [-0.25, -0.2) is 4.98 Å². The molecular formula is C29H40N4O6S. The van der Waals surface area contributed by atoms with Crippen LogP contribution in [0, 0.1) is 12.3 Å². The molecule has 1 aromatic heterocycles. The number of unbranched alkanes of at least 4 members (excludes halogenated alkanes) is 2. The molecule has 1 unspecified atom stereocenters. The van der Waals surface area contributed by atoms with Gasteiger partial charge in [0.2, 0.25) is 17.7 Å². The van der Waals surface area contributed by atoms with Crippen LogP contribution in [0.4, 0.5) is 0 Å². The lowest BCUT2D eigenvalue weighted by atomic mass is 9.85. The van der Waals surface area contributed by atoms with Crippen LogP contribution in [0.5, 0.6) is 0 Å². The molecule has 2 heterocycles. The van der Waals surface area contributed by atoms with Crippen molar-refractivity contribution in [1.82, 2.24) is 20.5 Å². The summed E-state index contributed by atoms with van der Waals surface area (Å²) in [7, 11) is 0. The highest BCUT2D eigenvalue weighted by molar-refractivity contribution is 7.13. The molecule has 1 saturated heterocycles. The lowest BCUT2D eigenvalue weighted by Crippen LogP contribution is -2.57. The van der Waals surface area contributed by atoms with Gasteiger partial charge in [-0.1, -0.05) is 51.5 Å². The fraction of sp³-hybridized carbons (Fsp3) is 0.552. The molecule has 0 bridgehead atoms. The Morgan fingerprint density at radius 2 is 1.77 bits per heavy atom. The monoisotopic (exact) mass is 572 g/mol. The lowest BCUT2D eigenvalue weighted by molar-refractivity contribution is -0.144. The van der Waals surface area contributed by atoms with Crippen molar-refractivity contribution in [3.8, 4) is 10.4 Å². The number of carboxylic acid groups (broad SMARTS) is 1. The molecule has 2 aromatic rings. The summed E-state index contributed by atoms with van der Waals surface area (Å²) in [6, 6.07) is 6.11. The zero-order chi connectivity index (χ0) is 29.4. The number of hydrogen-bond acceptors (Lipinski definition) is 7. The first-order valence-electron chi connectivity index (χ1n) is 13.6. The SMILES string of the molecule is Cc1ncsc1-c1ccc(CNC(=O)C2C[C@@H](O)CN2C(=O)[C@@H](NC(=O)CCCCCC(=O)O)C(C)(C)C)cc1. The van der Waals surface area contributed by atoms with Gasteiger partial charge in [-0.2, -0.15) is 0 Å². The Morgan fingerprint density at radius 3 is 2.38 bits per heavy atom. The van der Waals surface area contributed by atoms with E-state index >= 15 is 0 Å². The van der Waals surface area contributed by atoms with Gasteiger partial charge in [0.25, 0.3) is 0 Å². The summed E-state index contributed by atoms with van der Waals surface area (Å²) in [6.07, 6.45) is 1.12. The number of nitrogens with one attached hydrogen (secondary N) is 2. The predicted octanol–water partition coefficient (Wildman–Crippen LogP) is 3.26. The van der Waals surface area contributed by atoms with Crippen LogP contribution in [0.25, 0.3) is 10.4 Å². The van der Waals surface area contributed by atoms with Gasteiger partial charge in [0, 0.05) is 32.4 Å². The number of rotatable bonds is 12. The number of likely N-dealkylation sites (tertiary alicyclic amines) is 1. The van der Waals surface area contributed by atoms with Crippen molar-refractivity contribution >= 4 is 35.0 Å². The molecule has 10 nitrogen and oxygen atoms in total. The van der Waals surface area contributed by atoms with E-state index in [-0.39, 0.29) is 44.2 Å². The van der Waals surface area contributed by atoms with E-state index in [1.165, 1.54) is 4.90 Å². The van der Waals surface area contributed by atoms with E-state index in [2.05, 4.69) is 15.6 Å². The molecule has 0 spiro atoms. The van der Waals surface area contributed by atoms with Crippen LogP contribution in [0.3, 0.4) is 0 Å². The first-order chi connectivity index (χ1) is 18.9. The molecule has 11 heteroatoms. The molecular weight excluding hydrogens is 532 g/mol. The van der Waals surface area contributed by atoms with Gasteiger partial charge in [0.1, 0.15) is 12.1 Å². The molecule has 40 heavy (non-hydrogen) atoms. The Bertz CT molecular complexity index is 1190. The van der Waals surface area contributed by atoms with E-state index in [4.69, 9.17) is 5.11 Å². The van der Waals surface area contributed by atoms with Crippen LogP contribution in [0.1, 0.15) is 70.6 Å². The Balaban J connectivity index is 1.60. The van der Waals surface area contributed by atoms with Gasteiger partial charge in [-0.3, -0.25) is 19.2 Å². The summed E-state index contributed by atoms with van der Waals surface area (Å²) in [5, 5.41) is 24.8. The molecule has 1 aromatic carbocycles. The van der Waals surface area contributed by atoms with E-state index in [0.717, 1.165) is 21.7 Å². The standard InChI is InChI=1S/C29H40N4O6S/c1-18-25(40-17-31-18)20-12-10-19(11-13-20)15-30-27(38)22-14-21(34)16-33(22)28(39)26(29(2,3)4)32-23(35)8-6-5-7-9-24(36)37/h10-13,17,21-22,26,34H,5-9,14-16H2,1-4H3,(H,30,38)(H,32,35)(H,36,37)/t21-,22?,26-/m1/s1. The minimum absolute atomic E-state index is 0.0114. The summed E-state index contributed by atoms with van der Waals surface area (Å²) in [5.74, 6) is -1.94. The van der Waals surface area contributed by atoms with Crippen LogP contribution >= 0.6 is 11.3 Å². The van der Waals surface area contributed by atoms with Crippen LogP contribution in [-0.4, -0.2) is 68.5 Å². The topological polar surface area (TPSA) is 149 Å². The van der Waals surface area contributed by atoms with Crippen molar-refractivity contribution in [2.24, 2.45) is 5.41 Å². The molecule has 1 aliphatic heterocycles. The predicted molar refractivity (Wildman–Crippen MR) is 152 cm³/mol. The highest BCUT2D eigenvalue weighted by atomic mass is 32.1. The Labute approximate surface area is 239 Å². The van der Waals surface area contributed by atoms with E-state index < -0.39 is 35.5 Å². The quantitative estimate of drug-likeness (QED) is 0.285. The maximum absolute atomic E-state index is 13.6. The third-order valence-corrected chi connectivity index (χ3v) is 7.98. The second-order valence-electron chi connectivity index (χ2n) is 11.4. The second kappa shape index (κ2) is 13.8. The van der Waals surface area contributed by atoms with E-state index in [0.29, 0.717) is 19.3 Å². The van der Waals surface area contributed by atoms with Crippen LogP contribution in [-0.2, 0) is 25.7 Å². The van der Waals surface area contributed by atoms with Gasteiger partial charge in [-0.05, 0) is 36.3 Å². The average Bonchev–Trinajstić information content (AvgIpc) is 3.50. The fourth-order valence-corrected chi connectivity index (χ4v) is 5.56. The van der Waals surface area contributed by atoms with Crippen molar-refractivity contribution in [2.75, 3.05) is 6.54 Å². The second-order valence-corrected chi connectivity index (χ2v) is 12.3. The number of amides is 3. The normalized spacial score (nSPS) is 17.9. The number of benzene rings is 1. The van der Waals surface area contributed by atoms with Crippen molar-refractivity contribution in [1.29, 1.82) is 0 Å². The number of aliphatic carboxylic acids is 1. The van der Waals surface area contributed by atoms with Crippen LogP contribution in [0.2, 0.25) is 0 Å². The third-order valence-electron chi connectivity index (χ3n) is 7.01. The minimum atomic E-state index is -0.887. The molecule has 3 amide bonds. The summed E-state index contributed by atoms with van der Waals surface area (Å²) >= 11 is 1.57. The largest absolute Gasteiger partial charge is 0.481 e. The number of hydrogen-bond donors (Lipinski definition) is 4. The van der Waals surface area contributed by atoms with Gasteiger partial charge in [0.15, 0.2) is 0 Å². The summed E-state index contributed by atoms with van der Waals surface area (Å²) < 4.78 is 0. The maximum atomic E-state index is 13.6. The minimum Gasteiger partial charge on any atom is -0.481 e. The molecule has 4 N–H and O–H groups in total. The van der Waals surface area contributed by atoms with Crippen LogP contribution in [0.15, 0.2) is 29.8 Å². The Morgan fingerprint density at radius 1 is 1.10 bits per heavy atom. The lowest BCUT2D eigenvalue weighted by Gasteiger charge is -2.35. The number of aryl methyl sites for hydroxylation is 1. The Kier molecular flexibility index (Phi) is 10.8. The van der Waals surface area contributed by atoms with Gasteiger partial charge >= 0.3 is 5.97 Å². The number of thiazole rings is 1. The number of carbonyl (C=O) groups excluding carboxylic acids is 3. The number of β-amino-alcohol motifs (C(OH)–C–C–N with tert-alkyl or cyclic N) is 1. The number of aliphatic hydroxyl groups is 1. The van der Waals surface area contributed by atoms with E-state index in [9.17, 15) is 24.3 Å². The zero-order valence-corrected chi connectivity index (χ0v) is 24.4. The highest BCUT2D eigenvalue weighted by Crippen LogP contribution is 2.28. The molecule has 0 saturated carbocycles. The van der Waals surface area contributed by atoms with Crippen molar-refractivity contribution < 1.29 is 29.4 Å². The van der Waals surface area contributed by atoms with Crippen molar-refractivity contribution in [3.63, 3.8) is 0 Å². The number of carbonyl (C=O) groups is 4. The van der Waals surface area contributed by atoms with Crippen molar-refractivity contribution in [3.05, 3.63) is 41.0 Å². The number of aromatic nitrogens is 1. The number of aliphatic hydroxyl groups excluding tert-OH is 1.